The van der Waals surface area contributed by atoms with Crippen molar-refractivity contribution < 1.29 is 8.42 Å². The van der Waals surface area contributed by atoms with Crippen LogP contribution in [0.2, 0.25) is 5.02 Å². The Hall–Kier alpha value is -0.250. The summed E-state index contributed by atoms with van der Waals surface area (Å²) in [4.78, 5) is 0.0292. The summed E-state index contributed by atoms with van der Waals surface area (Å²) in [5, 5.41) is 0.223. The minimum Gasteiger partial charge on any atom is -0.207 e. The Bertz CT molecular complexity index is 480. The van der Waals surface area contributed by atoms with Crippen LogP contribution in [0.1, 0.15) is 17.5 Å². The Kier molecular flexibility index (Phi) is 2.50. The predicted octanol–water partition coefficient (Wildman–Crippen LogP) is 2.76. The fourth-order valence-corrected chi connectivity index (χ4v) is 3.33. The van der Waals surface area contributed by atoms with Crippen LogP contribution >= 0.6 is 22.3 Å². The number of hydrogen-bond donors (Lipinski definition) is 0. The molecule has 14 heavy (non-hydrogen) atoms. The molecule has 0 fully saturated rings. The molecular weight excluding hydrogens is 243 g/mol. The van der Waals surface area contributed by atoms with E-state index in [1.54, 1.807) is 12.1 Å². The number of fused-ring (bicyclic) bond motifs is 1. The van der Waals surface area contributed by atoms with Crippen molar-refractivity contribution in [2.75, 3.05) is 0 Å². The number of hydrogen-bond acceptors (Lipinski definition) is 2. The van der Waals surface area contributed by atoms with E-state index < -0.39 is 9.05 Å². The van der Waals surface area contributed by atoms with Gasteiger partial charge in [-0.25, -0.2) is 8.42 Å². The van der Waals surface area contributed by atoms with Crippen molar-refractivity contribution in [1.29, 1.82) is 0 Å². The number of halogens is 2. The van der Waals surface area contributed by atoms with Gasteiger partial charge in [0, 0.05) is 10.7 Å². The van der Waals surface area contributed by atoms with Crippen LogP contribution in [0.25, 0.3) is 0 Å². The number of rotatable bonds is 1. The Morgan fingerprint density at radius 1 is 1.14 bits per heavy atom. The third-order valence-electron chi connectivity index (χ3n) is 2.41. The highest BCUT2D eigenvalue weighted by molar-refractivity contribution is 8.13. The maximum Gasteiger partial charge on any atom is 0.262 e. The van der Waals surface area contributed by atoms with Gasteiger partial charge in [0.15, 0.2) is 0 Å². The molecule has 1 aromatic rings. The van der Waals surface area contributed by atoms with E-state index in [0.717, 1.165) is 30.4 Å². The predicted molar refractivity (Wildman–Crippen MR) is 56.5 cm³/mol. The first-order valence-electron chi connectivity index (χ1n) is 4.24. The molecule has 1 aliphatic carbocycles. The molecule has 0 spiro atoms. The topological polar surface area (TPSA) is 34.1 Å². The van der Waals surface area contributed by atoms with Crippen molar-refractivity contribution >= 4 is 31.3 Å². The van der Waals surface area contributed by atoms with Crippen LogP contribution in [0, 0.1) is 0 Å². The molecule has 0 aliphatic heterocycles. The summed E-state index contributed by atoms with van der Waals surface area (Å²) in [6, 6.07) is 3.30. The first-order valence-corrected chi connectivity index (χ1v) is 6.93. The second-order valence-electron chi connectivity index (χ2n) is 3.34. The molecule has 76 valence electrons. The van der Waals surface area contributed by atoms with E-state index >= 15 is 0 Å². The molecule has 1 aromatic carbocycles. The molecular formula is C9H8Cl2O2S. The van der Waals surface area contributed by atoms with Crippen LogP contribution in [0.15, 0.2) is 17.0 Å². The van der Waals surface area contributed by atoms with Crippen LogP contribution < -0.4 is 0 Å². The van der Waals surface area contributed by atoms with Gasteiger partial charge in [-0.3, -0.25) is 0 Å². The highest BCUT2D eigenvalue weighted by Gasteiger charge is 2.20. The van der Waals surface area contributed by atoms with Gasteiger partial charge < -0.3 is 0 Å². The molecule has 2 nitrogen and oxygen atoms in total. The van der Waals surface area contributed by atoms with Gasteiger partial charge in [-0.05, 0) is 42.5 Å². The number of benzene rings is 1. The fraction of sp³-hybridized carbons (Fsp3) is 0.333. The first-order chi connectivity index (χ1) is 6.48. The standard InChI is InChI=1S/C9H8Cl2O2S/c10-8-4-6-2-1-3-7(6)5-9(8)14(11,12)13/h4-5H,1-3H2. The van der Waals surface area contributed by atoms with Gasteiger partial charge in [-0.15, -0.1) is 0 Å². The van der Waals surface area contributed by atoms with Crippen molar-refractivity contribution in [3.63, 3.8) is 0 Å². The van der Waals surface area contributed by atoms with Crippen molar-refractivity contribution in [3.05, 3.63) is 28.3 Å². The van der Waals surface area contributed by atoms with Gasteiger partial charge in [0.1, 0.15) is 4.90 Å². The van der Waals surface area contributed by atoms with Crippen LogP contribution in [0.3, 0.4) is 0 Å². The lowest BCUT2D eigenvalue weighted by Crippen LogP contribution is -1.94. The summed E-state index contributed by atoms with van der Waals surface area (Å²) in [5.41, 5.74) is 2.19. The first kappa shape index (κ1) is 10.3. The third-order valence-corrected chi connectivity index (χ3v) is 4.20. The summed E-state index contributed by atoms with van der Waals surface area (Å²) < 4.78 is 22.3. The van der Waals surface area contributed by atoms with Gasteiger partial charge in [0.2, 0.25) is 0 Å². The zero-order valence-corrected chi connectivity index (χ0v) is 9.59. The molecule has 0 unspecified atom stereocenters. The van der Waals surface area contributed by atoms with E-state index in [2.05, 4.69) is 0 Å². The highest BCUT2D eigenvalue weighted by Crippen LogP contribution is 2.32. The Balaban J connectivity index is 2.65. The normalized spacial score (nSPS) is 15.6. The molecule has 2 rings (SSSR count). The quantitative estimate of drug-likeness (QED) is 0.719. The lowest BCUT2D eigenvalue weighted by Gasteiger charge is -2.04. The van der Waals surface area contributed by atoms with Gasteiger partial charge in [0.05, 0.1) is 5.02 Å². The molecule has 0 radical (unpaired) electrons. The third kappa shape index (κ3) is 1.76. The molecule has 0 saturated carbocycles. The summed E-state index contributed by atoms with van der Waals surface area (Å²) >= 11 is 5.83. The molecule has 1 aliphatic rings. The van der Waals surface area contributed by atoms with E-state index in [0.29, 0.717) is 0 Å². The van der Waals surface area contributed by atoms with E-state index in [9.17, 15) is 8.42 Å². The zero-order chi connectivity index (χ0) is 10.3. The zero-order valence-electron chi connectivity index (χ0n) is 7.26. The second-order valence-corrected chi connectivity index (χ2v) is 6.28. The van der Waals surface area contributed by atoms with Crippen LogP contribution in [0.5, 0.6) is 0 Å². The molecule has 0 amide bonds. The van der Waals surface area contributed by atoms with Gasteiger partial charge in [-0.1, -0.05) is 11.6 Å². The second kappa shape index (κ2) is 3.40. The maximum absolute atomic E-state index is 11.1. The van der Waals surface area contributed by atoms with Crippen LogP contribution in [-0.4, -0.2) is 8.42 Å². The molecule has 0 aromatic heterocycles. The smallest absolute Gasteiger partial charge is 0.207 e. The van der Waals surface area contributed by atoms with Gasteiger partial charge >= 0.3 is 0 Å². The summed E-state index contributed by atoms with van der Waals surface area (Å²) in [6.45, 7) is 0. The largest absolute Gasteiger partial charge is 0.262 e. The van der Waals surface area contributed by atoms with E-state index in [1.807, 2.05) is 0 Å². The fourth-order valence-electron chi connectivity index (χ4n) is 1.76. The van der Waals surface area contributed by atoms with Crippen LogP contribution in [-0.2, 0) is 21.9 Å². The lowest BCUT2D eigenvalue weighted by molar-refractivity contribution is 0.609. The summed E-state index contributed by atoms with van der Waals surface area (Å²) in [6.07, 6.45) is 2.93. The molecule has 0 saturated heterocycles. The Morgan fingerprint density at radius 3 is 2.29 bits per heavy atom. The summed E-state index contributed by atoms with van der Waals surface area (Å²) in [7, 11) is 1.54. The van der Waals surface area contributed by atoms with E-state index in [1.165, 1.54) is 0 Å². The summed E-state index contributed by atoms with van der Waals surface area (Å²) in [5.74, 6) is 0. The van der Waals surface area contributed by atoms with Crippen molar-refractivity contribution in [1.82, 2.24) is 0 Å². The number of aryl methyl sites for hydroxylation is 2. The molecule has 0 atom stereocenters. The average Bonchev–Trinajstić information content (AvgIpc) is 2.47. The van der Waals surface area contributed by atoms with Gasteiger partial charge in [-0.2, -0.15) is 0 Å². The van der Waals surface area contributed by atoms with E-state index in [-0.39, 0.29) is 9.92 Å². The monoisotopic (exact) mass is 250 g/mol. The molecule has 0 heterocycles. The lowest BCUT2D eigenvalue weighted by atomic mass is 10.1. The van der Waals surface area contributed by atoms with Gasteiger partial charge in [0.25, 0.3) is 9.05 Å². The molecule has 5 heteroatoms. The Labute approximate surface area is 92.3 Å². The van der Waals surface area contributed by atoms with Crippen molar-refractivity contribution in [2.45, 2.75) is 24.2 Å². The minimum atomic E-state index is -3.71. The average molecular weight is 251 g/mol. The maximum atomic E-state index is 11.1. The molecule has 0 N–H and O–H groups in total. The SMILES string of the molecule is O=S(=O)(Cl)c1cc2c(cc1Cl)CCC2. The van der Waals surface area contributed by atoms with E-state index in [4.69, 9.17) is 22.3 Å². The Morgan fingerprint density at radius 2 is 1.71 bits per heavy atom. The molecule has 0 bridgehead atoms. The highest BCUT2D eigenvalue weighted by atomic mass is 35.7. The van der Waals surface area contributed by atoms with Crippen molar-refractivity contribution in [2.24, 2.45) is 0 Å². The van der Waals surface area contributed by atoms with Crippen molar-refractivity contribution in [3.8, 4) is 0 Å². The minimum absolute atomic E-state index is 0.0292. The van der Waals surface area contributed by atoms with Crippen LogP contribution in [0.4, 0.5) is 0 Å².